The molecule has 0 aromatic carbocycles. The van der Waals surface area contributed by atoms with Crippen LogP contribution in [0.3, 0.4) is 0 Å². The van der Waals surface area contributed by atoms with Gasteiger partial charge in [-0.2, -0.15) is 79.0 Å². The molecule has 0 saturated heterocycles. The molecule has 0 N–H and O–H groups in total. The summed E-state index contributed by atoms with van der Waals surface area (Å²) in [5.41, 5.74) is -8.70. The second kappa shape index (κ2) is 11.9. The summed E-state index contributed by atoms with van der Waals surface area (Å²) in [5.74, 6) is -49.3. The van der Waals surface area contributed by atoms with Crippen molar-refractivity contribution in [3.8, 4) is 0 Å². The molecule has 0 spiro atoms. The number of rotatable bonds is 16. The highest BCUT2D eigenvalue weighted by molar-refractivity contribution is 5.19. The Morgan fingerprint density at radius 1 is 0.333 bits per heavy atom. The van der Waals surface area contributed by atoms with Gasteiger partial charge in [-0.3, -0.25) is 0 Å². The van der Waals surface area contributed by atoms with E-state index in [0.717, 1.165) is 19.3 Å². The van der Waals surface area contributed by atoms with Crippen molar-refractivity contribution < 1.29 is 83.4 Å². The Balaban J connectivity index is 6.08. The number of alkyl halides is 19. The molecule has 19 heteroatoms. The molecule has 0 unspecified atom stereocenters. The van der Waals surface area contributed by atoms with Crippen LogP contribution in [-0.4, -0.2) is 53.6 Å². The van der Waals surface area contributed by atoms with Crippen molar-refractivity contribution in [2.45, 2.75) is 125 Å². The van der Waals surface area contributed by atoms with Crippen molar-refractivity contribution in [2.24, 2.45) is 0 Å². The van der Waals surface area contributed by atoms with Crippen molar-refractivity contribution in [3.05, 3.63) is 0 Å². The molecule has 236 valence electrons. The molecule has 0 saturated carbocycles. The van der Waals surface area contributed by atoms with Crippen LogP contribution in [0.2, 0.25) is 0 Å². The Morgan fingerprint density at radius 3 is 0.949 bits per heavy atom. The minimum atomic E-state index is -8.97. The van der Waals surface area contributed by atoms with E-state index in [1.165, 1.54) is 0 Å². The van der Waals surface area contributed by atoms with Crippen molar-refractivity contribution in [1.82, 2.24) is 0 Å². The molecule has 0 rings (SSSR count). The summed E-state index contributed by atoms with van der Waals surface area (Å²) < 4.78 is 253. The third-order valence-electron chi connectivity index (χ3n) is 5.84. The van der Waals surface area contributed by atoms with Crippen molar-refractivity contribution >= 4 is 0 Å². The highest BCUT2D eigenvalue weighted by atomic mass is 19.4. The van der Waals surface area contributed by atoms with Crippen LogP contribution in [0.25, 0.3) is 0 Å². The van der Waals surface area contributed by atoms with Crippen LogP contribution in [0, 0.1) is 0 Å². The number of unbranched alkanes of at least 4 members (excludes halogenated alkanes) is 8. The monoisotopic (exact) mass is 624 g/mol. The maximum absolute atomic E-state index is 13.8. The molecule has 0 nitrogen and oxygen atoms in total. The number of hydrogen-bond donors (Lipinski definition) is 0. The molecule has 0 radical (unpaired) electrons. The van der Waals surface area contributed by atoms with Gasteiger partial charge in [0.25, 0.3) is 0 Å². The predicted molar refractivity (Wildman–Crippen MR) is 97.5 cm³/mol. The lowest BCUT2D eigenvalue weighted by molar-refractivity contribution is -0.472. The van der Waals surface area contributed by atoms with Crippen LogP contribution >= 0.6 is 0 Å². The minimum absolute atomic E-state index is 0.0259. The second-order valence-corrected chi connectivity index (χ2v) is 8.81. The zero-order valence-corrected chi connectivity index (χ0v) is 19.8. The smallest absolute Gasteiger partial charge is 0.216 e. The Kier molecular flexibility index (Phi) is 11.5. The lowest BCUT2D eigenvalue weighted by Gasteiger charge is -2.45. The minimum Gasteiger partial charge on any atom is -0.216 e. The van der Waals surface area contributed by atoms with E-state index < -0.39 is 72.8 Å². The van der Waals surface area contributed by atoms with Crippen molar-refractivity contribution in [1.29, 1.82) is 0 Å². The van der Waals surface area contributed by atoms with E-state index in [4.69, 9.17) is 0 Å². The third kappa shape index (κ3) is 6.45. The number of hydrogen-bond acceptors (Lipinski definition) is 0. The standard InChI is InChI=1S/C20H23F19/c1-2-3-4-5-6-7-8-9-10-11-12(21,22)14(24,25)16(28,29)18(32,33)17(30,31)15(26,27)13(23,19(34,35)36)20(37,38)39/h2-11H2,1H3. The van der Waals surface area contributed by atoms with Crippen LogP contribution in [-0.2, 0) is 0 Å². The van der Waals surface area contributed by atoms with E-state index in [1.54, 1.807) is 0 Å². The fourth-order valence-electron chi connectivity index (χ4n) is 3.37. The highest BCUT2D eigenvalue weighted by Crippen LogP contribution is 2.66. The molecule has 0 heterocycles. The molecule has 0 aromatic heterocycles. The van der Waals surface area contributed by atoms with Gasteiger partial charge in [0.2, 0.25) is 0 Å². The molecule has 0 bridgehead atoms. The molecule has 0 aromatic rings. The first-order valence-electron chi connectivity index (χ1n) is 11.2. The van der Waals surface area contributed by atoms with Crippen LogP contribution in [0.1, 0.15) is 71.1 Å². The van der Waals surface area contributed by atoms with Gasteiger partial charge >= 0.3 is 53.6 Å². The first kappa shape index (κ1) is 37.7. The van der Waals surface area contributed by atoms with Gasteiger partial charge < -0.3 is 0 Å². The molecule has 0 amide bonds. The van der Waals surface area contributed by atoms with Crippen LogP contribution in [0.5, 0.6) is 0 Å². The van der Waals surface area contributed by atoms with Gasteiger partial charge in [0.1, 0.15) is 0 Å². The predicted octanol–water partition coefficient (Wildman–Crippen LogP) is 10.6. The van der Waals surface area contributed by atoms with Gasteiger partial charge in [-0.1, -0.05) is 58.3 Å². The Labute approximate surface area is 209 Å². The normalized spacial score (nSPS) is 15.7. The maximum Gasteiger partial charge on any atom is 0.438 e. The highest BCUT2D eigenvalue weighted by Gasteiger charge is 2.98. The summed E-state index contributed by atoms with van der Waals surface area (Å²) in [6.07, 6.45) is -16.4. The first-order valence-corrected chi connectivity index (χ1v) is 11.2. The lowest BCUT2D eigenvalue weighted by Crippen LogP contribution is -2.77. The molecule has 0 aliphatic heterocycles. The van der Waals surface area contributed by atoms with E-state index in [1.807, 2.05) is 6.92 Å². The van der Waals surface area contributed by atoms with E-state index in [0.29, 0.717) is 19.3 Å². The molecule has 0 aliphatic rings. The lowest BCUT2D eigenvalue weighted by atomic mass is 9.83. The van der Waals surface area contributed by atoms with Crippen molar-refractivity contribution in [3.63, 3.8) is 0 Å². The summed E-state index contributed by atoms with van der Waals surface area (Å²) in [7, 11) is 0. The SMILES string of the molecule is CCCCCCCCCCCC(F)(F)C(F)(F)C(F)(F)C(F)(F)C(F)(F)C(F)(F)C(F)(C(F)(F)F)C(F)(F)F. The largest absolute Gasteiger partial charge is 0.438 e. The van der Waals surface area contributed by atoms with Crippen LogP contribution in [0.15, 0.2) is 0 Å². The van der Waals surface area contributed by atoms with Gasteiger partial charge in [-0.05, 0) is 6.42 Å². The van der Waals surface area contributed by atoms with Crippen LogP contribution in [0.4, 0.5) is 83.4 Å². The van der Waals surface area contributed by atoms with E-state index in [-0.39, 0.29) is 6.42 Å². The molecule has 0 aliphatic carbocycles. The average molecular weight is 624 g/mol. The quantitative estimate of drug-likeness (QED) is 0.118. The summed E-state index contributed by atoms with van der Waals surface area (Å²) in [4.78, 5) is 0. The summed E-state index contributed by atoms with van der Waals surface area (Å²) in [5, 5.41) is 0. The fourth-order valence-corrected chi connectivity index (χ4v) is 3.37. The van der Waals surface area contributed by atoms with Gasteiger partial charge in [0, 0.05) is 6.42 Å². The van der Waals surface area contributed by atoms with Gasteiger partial charge in [0.15, 0.2) is 0 Å². The Hall–Kier alpha value is -1.33. The zero-order valence-electron chi connectivity index (χ0n) is 19.8. The topological polar surface area (TPSA) is 0 Å². The van der Waals surface area contributed by atoms with E-state index in [9.17, 15) is 83.4 Å². The summed E-state index contributed by atoms with van der Waals surface area (Å²) in [6, 6.07) is 0. The third-order valence-corrected chi connectivity index (χ3v) is 5.84. The first-order chi connectivity index (χ1) is 17.1. The van der Waals surface area contributed by atoms with Gasteiger partial charge in [0.05, 0.1) is 0 Å². The molecular weight excluding hydrogens is 601 g/mol. The Bertz CT molecular complexity index is 748. The molecule has 0 atom stereocenters. The summed E-state index contributed by atoms with van der Waals surface area (Å²) >= 11 is 0. The Morgan fingerprint density at radius 2 is 0.615 bits per heavy atom. The van der Waals surface area contributed by atoms with Gasteiger partial charge in [-0.25, -0.2) is 4.39 Å². The van der Waals surface area contributed by atoms with Crippen LogP contribution < -0.4 is 0 Å². The molecular formula is C20H23F19. The average Bonchev–Trinajstić information content (AvgIpc) is 2.74. The number of halogens is 19. The zero-order chi connectivity index (χ0) is 31.6. The van der Waals surface area contributed by atoms with E-state index in [2.05, 4.69) is 0 Å². The second-order valence-electron chi connectivity index (χ2n) is 8.81. The summed E-state index contributed by atoms with van der Waals surface area (Å²) in [6.45, 7) is 1.89. The van der Waals surface area contributed by atoms with Crippen molar-refractivity contribution in [2.75, 3.05) is 0 Å². The molecule has 39 heavy (non-hydrogen) atoms. The molecule has 0 fully saturated rings. The fraction of sp³-hybridized carbons (Fsp3) is 1.00. The van der Waals surface area contributed by atoms with E-state index >= 15 is 0 Å². The van der Waals surface area contributed by atoms with Gasteiger partial charge in [-0.15, -0.1) is 0 Å². The maximum atomic E-state index is 13.8.